The van der Waals surface area contributed by atoms with Crippen LogP contribution >= 0.6 is 27.5 Å². The van der Waals surface area contributed by atoms with Gasteiger partial charge in [-0.3, -0.25) is 0 Å². The van der Waals surface area contributed by atoms with Crippen LogP contribution in [-0.4, -0.2) is 17.1 Å². The van der Waals surface area contributed by atoms with Crippen LogP contribution in [0.15, 0.2) is 35.1 Å². The molecular weight excluding hydrogens is 371 g/mol. The standard InChI is InChI=1S/C16H13BrClFN2O/c1-8(14-13(22-2)4-3-12(19)15(14)18)11-7-21-16-10(11)5-9(17)6-20-16/h3-8H,1-2H3,(H,20,21)/t8-/m0/s1/i8D. The smallest absolute Gasteiger partial charge is 0.142 e. The van der Waals surface area contributed by atoms with E-state index in [9.17, 15) is 4.39 Å². The normalized spacial score (nSPS) is 14.7. The molecule has 0 aliphatic carbocycles. The van der Waals surface area contributed by atoms with Crippen molar-refractivity contribution in [3.05, 3.63) is 57.0 Å². The quantitative estimate of drug-likeness (QED) is 0.667. The molecule has 0 spiro atoms. The fraction of sp³-hybridized carbons (Fsp3) is 0.188. The number of nitrogens with zero attached hydrogens (tertiary/aromatic N) is 1. The van der Waals surface area contributed by atoms with Crippen LogP contribution in [-0.2, 0) is 0 Å². The van der Waals surface area contributed by atoms with E-state index in [0.29, 0.717) is 17.0 Å². The first-order valence-electron chi connectivity index (χ1n) is 7.02. The summed E-state index contributed by atoms with van der Waals surface area (Å²) in [5, 5.41) is 0.651. The number of H-pyrrole nitrogens is 1. The highest BCUT2D eigenvalue weighted by atomic mass is 79.9. The van der Waals surface area contributed by atoms with Crippen LogP contribution in [0.25, 0.3) is 11.0 Å². The van der Waals surface area contributed by atoms with Crippen molar-refractivity contribution in [1.29, 1.82) is 0 Å². The van der Waals surface area contributed by atoms with Gasteiger partial charge in [-0.2, -0.15) is 0 Å². The lowest BCUT2D eigenvalue weighted by Gasteiger charge is -2.17. The maximum absolute atomic E-state index is 13.9. The monoisotopic (exact) mass is 383 g/mol. The molecule has 0 saturated heterocycles. The molecule has 2 aromatic heterocycles. The van der Waals surface area contributed by atoms with E-state index < -0.39 is 11.7 Å². The van der Waals surface area contributed by atoms with Gasteiger partial charge in [0.1, 0.15) is 17.2 Å². The first-order valence-corrected chi connectivity index (χ1v) is 7.69. The Bertz CT molecular complexity index is 897. The largest absolute Gasteiger partial charge is 0.496 e. The van der Waals surface area contributed by atoms with Gasteiger partial charge in [-0.05, 0) is 39.7 Å². The topological polar surface area (TPSA) is 37.9 Å². The molecular formula is C16H13BrClFN2O. The van der Waals surface area contributed by atoms with Crippen molar-refractivity contribution in [3.63, 3.8) is 0 Å². The van der Waals surface area contributed by atoms with Gasteiger partial charge in [0.2, 0.25) is 0 Å². The minimum atomic E-state index is -1.33. The molecule has 1 N–H and O–H groups in total. The Balaban J connectivity index is 2.29. The molecule has 1 aromatic carbocycles. The lowest BCUT2D eigenvalue weighted by Crippen LogP contribution is -2.02. The molecule has 22 heavy (non-hydrogen) atoms. The van der Waals surface area contributed by atoms with Crippen LogP contribution in [0.3, 0.4) is 0 Å². The van der Waals surface area contributed by atoms with E-state index >= 15 is 0 Å². The fourth-order valence-corrected chi connectivity index (χ4v) is 3.10. The molecule has 114 valence electrons. The van der Waals surface area contributed by atoms with Gasteiger partial charge in [0.25, 0.3) is 0 Å². The zero-order valence-electron chi connectivity index (χ0n) is 12.9. The van der Waals surface area contributed by atoms with Crippen LogP contribution < -0.4 is 4.74 Å². The van der Waals surface area contributed by atoms with E-state index in [1.165, 1.54) is 19.2 Å². The molecule has 0 unspecified atom stereocenters. The first kappa shape index (κ1) is 14.0. The minimum absolute atomic E-state index is 0.112. The third-order valence-electron chi connectivity index (χ3n) is 3.55. The summed E-state index contributed by atoms with van der Waals surface area (Å²) in [6.45, 7) is 1.65. The molecule has 0 amide bonds. The van der Waals surface area contributed by atoms with E-state index in [1.54, 1.807) is 19.3 Å². The van der Waals surface area contributed by atoms with Crippen molar-refractivity contribution < 1.29 is 10.5 Å². The predicted octanol–water partition coefficient (Wildman–Crippen LogP) is 5.28. The second-order valence-corrected chi connectivity index (χ2v) is 6.11. The average Bonchev–Trinajstić information content (AvgIpc) is 2.93. The number of nitrogens with one attached hydrogen (secondary N) is 1. The molecule has 0 aliphatic heterocycles. The number of methoxy groups -OCH3 is 1. The summed E-state index contributed by atoms with van der Waals surface area (Å²) in [5.74, 6) is -1.54. The maximum atomic E-state index is 13.9. The summed E-state index contributed by atoms with van der Waals surface area (Å²) in [6.07, 6.45) is 3.36. The number of benzene rings is 1. The highest BCUT2D eigenvalue weighted by molar-refractivity contribution is 9.10. The molecule has 0 radical (unpaired) electrons. The molecule has 0 aliphatic rings. The highest BCUT2D eigenvalue weighted by Gasteiger charge is 2.22. The summed E-state index contributed by atoms with van der Waals surface area (Å²) in [4.78, 5) is 7.30. The highest BCUT2D eigenvalue weighted by Crippen LogP contribution is 2.40. The molecule has 0 bridgehead atoms. The van der Waals surface area contributed by atoms with Gasteiger partial charge in [-0.15, -0.1) is 0 Å². The average molecular weight is 385 g/mol. The van der Waals surface area contributed by atoms with Crippen LogP contribution in [0.2, 0.25) is 5.02 Å². The van der Waals surface area contributed by atoms with Crippen molar-refractivity contribution in [2.45, 2.75) is 12.8 Å². The van der Waals surface area contributed by atoms with Gasteiger partial charge in [-0.1, -0.05) is 18.5 Å². The molecule has 3 nitrogen and oxygen atoms in total. The molecule has 0 saturated carbocycles. The number of aromatic amines is 1. The first-order chi connectivity index (χ1) is 10.9. The Hall–Kier alpha value is -1.59. The van der Waals surface area contributed by atoms with Crippen LogP contribution in [0.1, 0.15) is 25.3 Å². The van der Waals surface area contributed by atoms with E-state index in [0.717, 1.165) is 9.86 Å². The van der Waals surface area contributed by atoms with Crippen LogP contribution in [0, 0.1) is 5.82 Å². The SMILES string of the molecule is [2H][C@@](C)(c1c(OC)ccc(F)c1Cl)c1c[nH]c2ncc(Br)cc12. The Morgan fingerprint density at radius 2 is 2.27 bits per heavy atom. The summed E-state index contributed by atoms with van der Waals surface area (Å²) in [6, 6.07) is 4.57. The number of pyridine rings is 1. The third-order valence-corrected chi connectivity index (χ3v) is 4.36. The summed E-state index contributed by atoms with van der Waals surface area (Å²) >= 11 is 9.53. The second-order valence-electron chi connectivity index (χ2n) is 4.82. The fourth-order valence-electron chi connectivity index (χ4n) is 2.48. The second kappa shape index (κ2) is 5.89. The Kier molecular flexibility index (Phi) is 3.76. The number of ether oxygens (including phenoxy) is 1. The van der Waals surface area contributed by atoms with Gasteiger partial charge in [0.15, 0.2) is 0 Å². The Morgan fingerprint density at radius 1 is 1.50 bits per heavy atom. The molecule has 2 heterocycles. The number of hydrogen-bond acceptors (Lipinski definition) is 2. The van der Waals surface area contributed by atoms with Gasteiger partial charge in [-0.25, -0.2) is 9.37 Å². The summed E-state index contributed by atoms with van der Waals surface area (Å²) in [7, 11) is 1.47. The number of aromatic nitrogens is 2. The van der Waals surface area contributed by atoms with E-state index in [-0.39, 0.29) is 10.6 Å². The number of rotatable bonds is 3. The number of fused-ring (bicyclic) bond motifs is 1. The summed E-state index contributed by atoms with van der Waals surface area (Å²) in [5.41, 5.74) is 1.56. The van der Waals surface area contributed by atoms with Crippen LogP contribution in [0.4, 0.5) is 4.39 Å². The van der Waals surface area contributed by atoms with Crippen molar-refractivity contribution in [1.82, 2.24) is 9.97 Å². The van der Waals surface area contributed by atoms with E-state index in [1.807, 2.05) is 6.07 Å². The van der Waals surface area contributed by atoms with Crippen molar-refractivity contribution >= 4 is 38.6 Å². The lowest BCUT2D eigenvalue weighted by molar-refractivity contribution is 0.407. The Labute approximate surface area is 142 Å². The number of halogens is 3. The minimum Gasteiger partial charge on any atom is -0.496 e. The molecule has 3 rings (SSSR count). The third kappa shape index (κ3) is 2.48. The zero-order valence-corrected chi connectivity index (χ0v) is 14.2. The zero-order chi connectivity index (χ0) is 16.8. The van der Waals surface area contributed by atoms with Gasteiger partial charge in [0, 0.05) is 35.1 Å². The van der Waals surface area contributed by atoms with E-state index in [4.69, 9.17) is 17.7 Å². The van der Waals surface area contributed by atoms with Crippen molar-refractivity contribution in [2.24, 2.45) is 0 Å². The Morgan fingerprint density at radius 3 is 3.00 bits per heavy atom. The maximum Gasteiger partial charge on any atom is 0.142 e. The lowest BCUT2D eigenvalue weighted by atomic mass is 9.92. The molecule has 3 aromatic rings. The molecule has 1 atom stereocenters. The molecule has 0 fully saturated rings. The van der Waals surface area contributed by atoms with Gasteiger partial charge >= 0.3 is 0 Å². The molecule has 6 heteroatoms. The van der Waals surface area contributed by atoms with Crippen molar-refractivity contribution in [2.75, 3.05) is 7.11 Å². The number of hydrogen-bond donors (Lipinski definition) is 1. The van der Waals surface area contributed by atoms with Gasteiger partial charge in [0.05, 0.1) is 12.1 Å². The van der Waals surface area contributed by atoms with E-state index in [2.05, 4.69) is 25.9 Å². The predicted molar refractivity (Wildman–Crippen MR) is 89.3 cm³/mol. The van der Waals surface area contributed by atoms with Crippen molar-refractivity contribution in [3.8, 4) is 5.75 Å². The van der Waals surface area contributed by atoms with Gasteiger partial charge < -0.3 is 9.72 Å². The summed E-state index contributed by atoms with van der Waals surface area (Å²) < 4.78 is 28.9. The van der Waals surface area contributed by atoms with Crippen LogP contribution in [0.5, 0.6) is 5.75 Å².